The summed E-state index contributed by atoms with van der Waals surface area (Å²) < 4.78 is 7.80. The summed E-state index contributed by atoms with van der Waals surface area (Å²) in [6.45, 7) is 4.65. The van der Waals surface area contributed by atoms with Gasteiger partial charge in [0.1, 0.15) is 11.4 Å². The molecule has 108 valence electrons. The average molecular weight is 295 g/mol. The lowest BCUT2D eigenvalue weighted by atomic mass is 10.2. The Kier molecular flexibility index (Phi) is 5.04. The number of benzene rings is 1. The molecule has 0 aliphatic heterocycles. The number of aryl methyl sites for hydroxylation is 1. The van der Waals surface area contributed by atoms with E-state index in [9.17, 15) is 0 Å². The minimum absolute atomic E-state index is 0.0677. The van der Waals surface area contributed by atoms with Crippen molar-refractivity contribution in [3.8, 4) is 11.5 Å². The van der Waals surface area contributed by atoms with Crippen LogP contribution in [-0.4, -0.2) is 21.5 Å². The molecule has 0 bridgehead atoms. The zero-order chi connectivity index (χ0) is 14.5. The highest BCUT2D eigenvalue weighted by atomic mass is 35.5. The highest BCUT2D eigenvalue weighted by Gasteiger charge is 2.17. The Morgan fingerprint density at radius 3 is 2.45 bits per heavy atom. The van der Waals surface area contributed by atoms with Crippen molar-refractivity contribution in [2.75, 3.05) is 6.61 Å². The van der Waals surface area contributed by atoms with Gasteiger partial charge in [-0.25, -0.2) is 0 Å². The van der Waals surface area contributed by atoms with Gasteiger partial charge in [0, 0.05) is 5.02 Å². The molecule has 4 nitrogen and oxygen atoms in total. The summed E-state index contributed by atoms with van der Waals surface area (Å²) in [5, 5.41) is 14.3. The van der Waals surface area contributed by atoms with Gasteiger partial charge < -0.3 is 9.84 Å². The minimum atomic E-state index is 0.0677. The second-order valence-corrected chi connectivity index (χ2v) is 4.87. The predicted molar refractivity (Wildman–Crippen MR) is 79.6 cm³/mol. The minimum Gasteiger partial charge on any atom is -0.453 e. The molecular formula is C15H19ClN2O2. The van der Waals surface area contributed by atoms with Crippen LogP contribution < -0.4 is 4.74 Å². The maximum Gasteiger partial charge on any atom is 0.171 e. The zero-order valence-corrected chi connectivity index (χ0v) is 12.5. The Balaban J connectivity index is 2.35. The lowest BCUT2D eigenvalue weighted by molar-refractivity contribution is 0.267. The van der Waals surface area contributed by atoms with E-state index in [-0.39, 0.29) is 6.61 Å². The first-order valence-corrected chi connectivity index (χ1v) is 7.20. The predicted octanol–water partition coefficient (Wildman–Crippen LogP) is 3.45. The van der Waals surface area contributed by atoms with Crippen molar-refractivity contribution < 1.29 is 9.84 Å². The fourth-order valence-corrected chi connectivity index (χ4v) is 2.25. The first-order chi connectivity index (χ1) is 9.69. The van der Waals surface area contributed by atoms with Gasteiger partial charge in [0.15, 0.2) is 5.75 Å². The number of aliphatic hydroxyl groups excluding tert-OH is 1. The van der Waals surface area contributed by atoms with E-state index in [1.807, 2.05) is 23.7 Å². The van der Waals surface area contributed by atoms with Crippen LogP contribution in [0.25, 0.3) is 0 Å². The van der Waals surface area contributed by atoms with Gasteiger partial charge in [0.2, 0.25) is 0 Å². The maximum atomic E-state index is 9.12. The van der Waals surface area contributed by atoms with Crippen molar-refractivity contribution in [1.82, 2.24) is 9.78 Å². The number of rotatable bonds is 6. The van der Waals surface area contributed by atoms with Gasteiger partial charge in [-0.1, -0.05) is 25.4 Å². The van der Waals surface area contributed by atoms with E-state index >= 15 is 0 Å². The van der Waals surface area contributed by atoms with Gasteiger partial charge in [-0.2, -0.15) is 5.10 Å². The van der Waals surface area contributed by atoms with Crippen molar-refractivity contribution in [3.63, 3.8) is 0 Å². The van der Waals surface area contributed by atoms with Gasteiger partial charge in [0.25, 0.3) is 0 Å². The third-order valence-electron chi connectivity index (χ3n) is 3.09. The van der Waals surface area contributed by atoms with Gasteiger partial charge in [-0.3, -0.25) is 4.68 Å². The maximum absolute atomic E-state index is 9.12. The first-order valence-electron chi connectivity index (χ1n) is 6.82. The van der Waals surface area contributed by atoms with Crippen LogP contribution in [0.2, 0.25) is 5.02 Å². The number of ether oxygens (including phenoxy) is 1. The van der Waals surface area contributed by atoms with Crippen LogP contribution in [-0.2, 0) is 19.4 Å². The second kappa shape index (κ2) is 6.77. The third kappa shape index (κ3) is 3.14. The molecule has 0 atom stereocenters. The fourth-order valence-electron chi connectivity index (χ4n) is 2.13. The zero-order valence-electron chi connectivity index (χ0n) is 11.8. The second-order valence-electron chi connectivity index (χ2n) is 4.43. The summed E-state index contributed by atoms with van der Waals surface area (Å²) >= 11 is 5.88. The monoisotopic (exact) mass is 294 g/mol. The molecule has 0 fully saturated rings. The molecule has 0 aliphatic rings. The molecule has 0 aliphatic carbocycles. The Labute approximate surface area is 123 Å². The van der Waals surface area contributed by atoms with Gasteiger partial charge >= 0.3 is 0 Å². The SMILES string of the molecule is CCc1nn(CCO)c(CC)c1Oc1ccc(Cl)cc1. The number of aliphatic hydroxyl groups is 1. The fraction of sp³-hybridized carbons (Fsp3) is 0.400. The van der Waals surface area contributed by atoms with Gasteiger partial charge in [0.05, 0.1) is 18.8 Å². The number of hydrogen-bond donors (Lipinski definition) is 1. The van der Waals surface area contributed by atoms with Gasteiger partial charge in [-0.05, 0) is 37.1 Å². The van der Waals surface area contributed by atoms with E-state index < -0.39 is 0 Å². The number of nitrogens with zero attached hydrogens (tertiary/aromatic N) is 2. The molecule has 0 radical (unpaired) electrons. The molecule has 0 saturated heterocycles. The van der Waals surface area contributed by atoms with E-state index in [4.69, 9.17) is 21.4 Å². The van der Waals surface area contributed by atoms with Crippen molar-refractivity contribution in [3.05, 3.63) is 40.7 Å². The van der Waals surface area contributed by atoms with E-state index in [0.29, 0.717) is 11.6 Å². The van der Waals surface area contributed by atoms with Crippen LogP contribution in [0, 0.1) is 0 Å². The Hall–Kier alpha value is -1.52. The van der Waals surface area contributed by atoms with E-state index in [1.165, 1.54) is 0 Å². The normalized spacial score (nSPS) is 10.8. The van der Waals surface area contributed by atoms with Crippen LogP contribution in [0.4, 0.5) is 0 Å². The molecule has 2 aromatic rings. The lowest BCUT2D eigenvalue weighted by Crippen LogP contribution is -2.07. The topological polar surface area (TPSA) is 47.3 Å². The standard InChI is InChI=1S/C15H19ClN2O2/c1-3-13-15(14(4-2)18(17-13)9-10-19)20-12-7-5-11(16)6-8-12/h5-8,19H,3-4,9-10H2,1-2H3. The summed E-state index contributed by atoms with van der Waals surface area (Å²) in [7, 11) is 0. The molecule has 2 rings (SSSR count). The Bertz CT molecular complexity index is 564. The average Bonchev–Trinajstić information content (AvgIpc) is 2.78. The smallest absolute Gasteiger partial charge is 0.171 e. The van der Waals surface area contributed by atoms with Crippen molar-refractivity contribution in [1.29, 1.82) is 0 Å². The molecule has 0 unspecified atom stereocenters. The largest absolute Gasteiger partial charge is 0.453 e. The Morgan fingerprint density at radius 2 is 1.90 bits per heavy atom. The molecule has 5 heteroatoms. The van der Waals surface area contributed by atoms with Crippen LogP contribution >= 0.6 is 11.6 Å². The summed E-state index contributed by atoms with van der Waals surface area (Å²) in [6.07, 6.45) is 1.59. The lowest BCUT2D eigenvalue weighted by Gasteiger charge is -2.08. The summed E-state index contributed by atoms with van der Waals surface area (Å²) in [4.78, 5) is 0. The quantitative estimate of drug-likeness (QED) is 0.888. The molecule has 1 heterocycles. The van der Waals surface area contributed by atoms with E-state index in [2.05, 4.69) is 12.0 Å². The van der Waals surface area contributed by atoms with Crippen LogP contribution in [0.5, 0.6) is 11.5 Å². The molecule has 1 aromatic carbocycles. The molecule has 0 amide bonds. The van der Waals surface area contributed by atoms with Crippen molar-refractivity contribution >= 4 is 11.6 Å². The first kappa shape index (κ1) is 14.9. The summed E-state index contributed by atoms with van der Waals surface area (Å²) in [6, 6.07) is 7.27. The van der Waals surface area contributed by atoms with Crippen molar-refractivity contribution in [2.45, 2.75) is 33.2 Å². The van der Waals surface area contributed by atoms with E-state index in [1.54, 1.807) is 12.1 Å². The highest BCUT2D eigenvalue weighted by Crippen LogP contribution is 2.30. The summed E-state index contributed by atoms with van der Waals surface area (Å²) in [5.41, 5.74) is 1.91. The van der Waals surface area contributed by atoms with Gasteiger partial charge in [-0.15, -0.1) is 0 Å². The van der Waals surface area contributed by atoms with Crippen molar-refractivity contribution in [2.24, 2.45) is 0 Å². The van der Waals surface area contributed by atoms with Crippen LogP contribution in [0.15, 0.2) is 24.3 Å². The van der Waals surface area contributed by atoms with E-state index in [0.717, 1.165) is 35.7 Å². The number of aromatic nitrogens is 2. The Morgan fingerprint density at radius 1 is 1.20 bits per heavy atom. The molecule has 0 spiro atoms. The van der Waals surface area contributed by atoms with Crippen LogP contribution in [0.3, 0.4) is 0 Å². The van der Waals surface area contributed by atoms with Crippen LogP contribution in [0.1, 0.15) is 25.2 Å². The molecule has 20 heavy (non-hydrogen) atoms. The third-order valence-corrected chi connectivity index (χ3v) is 3.34. The number of halogens is 1. The molecule has 0 saturated carbocycles. The molecular weight excluding hydrogens is 276 g/mol. The molecule has 1 N–H and O–H groups in total. The summed E-state index contributed by atoms with van der Waals surface area (Å²) in [5.74, 6) is 1.54. The number of hydrogen-bond acceptors (Lipinski definition) is 3. The highest BCUT2D eigenvalue weighted by molar-refractivity contribution is 6.30. The molecule has 1 aromatic heterocycles.